The third kappa shape index (κ3) is 2.62. The minimum Gasteiger partial charge on any atom is -0.469 e. The molecule has 1 aliphatic heterocycles. The maximum Gasteiger partial charge on any atom is 0.307 e. The molecule has 62 valence electrons. The summed E-state index contributed by atoms with van der Waals surface area (Å²) >= 11 is 0. The van der Waals surface area contributed by atoms with Crippen LogP contribution in [-0.2, 0) is 9.53 Å². The van der Waals surface area contributed by atoms with Crippen LogP contribution in [0.25, 0.3) is 0 Å². The lowest BCUT2D eigenvalue weighted by Gasteiger charge is -2.18. The monoisotopic (exact) mass is 155 g/mol. The summed E-state index contributed by atoms with van der Waals surface area (Å²) in [6.07, 6.45) is 6.51. The average Bonchev–Trinajstić information content (AvgIpc) is 2.06. The van der Waals surface area contributed by atoms with Gasteiger partial charge in [-0.3, -0.25) is 4.79 Å². The summed E-state index contributed by atoms with van der Waals surface area (Å²) in [5.74, 6) is -0.141. The van der Waals surface area contributed by atoms with E-state index in [2.05, 4.69) is 16.1 Å². The number of nitrogens with one attached hydrogen (secondary N) is 1. The van der Waals surface area contributed by atoms with Crippen LogP contribution in [-0.4, -0.2) is 19.1 Å². The molecule has 0 radical (unpaired) electrons. The predicted molar refractivity (Wildman–Crippen MR) is 41.9 cm³/mol. The van der Waals surface area contributed by atoms with Crippen molar-refractivity contribution >= 4 is 5.97 Å². The second-order valence-corrected chi connectivity index (χ2v) is 2.62. The van der Waals surface area contributed by atoms with Crippen molar-refractivity contribution in [2.75, 3.05) is 7.11 Å². The topological polar surface area (TPSA) is 38.3 Å². The quantitative estimate of drug-likeness (QED) is 0.600. The Kier molecular flexibility index (Phi) is 2.95. The van der Waals surface area contributed by atoms with Crippen molar-refractivity contribution in [3.05, 3.63) is 12.3 Å². The van der Waals surface area contributed by atoms with Gasteiger partial charge in [0.25, 0.3) is 0 Å². The van der Waals surface area contributed by atoms with Crippen molar-refractivity contribution in [1.82, 2.24) is 5.32 Å². The second-order valence-electron chi connectivity index (χ2n) is 2.62. The molecule has 0 aromatic carbocycles. The van der Waals surface area contributed by atoms with Gasteiger partial charge in [0.15, 0.2) is 0 Å². The Hall–Kier alpha value is -0.990. The lowest BCUT2D eigenvalue weighted by atomic mass is 10.1. The van der Waals surface area contributed by atoms with Gasteiger partial charge in [0.1, 0.15) is 0 Å². The molecule has 0 aromatic heterocycles. The van der Waals surface area contributed by atoms with E-state index >= 15 is 0 Å². The average molecular weight is 155 g/mol. The van der Waals surface area contributed by atoms with Crippen LogP contribution in [0.1, 0.15) is 19.3 Å². The number of hydrogen-bond acceptors (Lipinski definition) is 3. The van der Waals surface area contributed by atoms with Crippen LogP contribution >= 0.6 is 0 Å². The number of carbonyl (C=O) groups is 1. The fourth-order valence-corrected chi connectivity index (χ4v) is 1.11. The van der Waals surface area contributed by atoms with Gasteiger partial charge in [-0.2, -0.15) is 0 Å². The highest BCUT2D eigenvalue weighted by molar-refractivity contribution is 5.69. The van der Waals surface area contributed by atoms with E-state index in [0.29, 0.717) is 6.42 Å². The van der Waals surface area contributed by atoms with Gasteiger partial charge < -0.3 is 10.1 Å². The minimum atomic E-state index is -0.141. The second kappa shape index (κ2) is 4.01. The van der Waals surface area contributed by atoms with Gasteiger partial charge in [-0.1, -0.05) is 6.08 Å². The van der Waals surface area contributed by atoms with Gasteiger partial charge in [0.2, 0.25) is 0 Å². The van der Waals surface area contributed by atoms with E-state index < -0.39 is 0 Å². The zero-order valence-electron chi connectivity index (χ0n) is 6.67. The van der Waals surface area contributed by atoms with Crippen LogP contribution in [0, 0.1) is 0 Å². The van der Waals surface area contributed by atoms with Crippen molar-refractivity contribution in [3.63, 3.8) is 0 Å². The Labute approximate surface area is 66.4 Å². The maximum absolute atomic E-state index is 10.8. The van der Waals surface area contributed by atoms with Crippen LogP contribution in [0.15, 0.2) is 12.3 Å². The number of hydrogen-bond donors (Lipinski definition) is 1. The molecule has 1 atom stereocenters. The Bertz CT molecular complexity index is 165. The smallest absolute Gasteiger partial charge is 0.307 e. The number of rotatable bonds is 2. The predicted octanol–water partition coefficient (Wildman–Crippen LogP) is 0.815. The molecule has 0 bridgehead atoms. The van der Waals surface area contributed by atoms with Gasteiger partial charge in [-0.15, -0.1) is 0 Å². The molecule has 0 fully saturated rings. The van der Waals surface area contributed by atoms with Crippen molar-refractivity contribution in [2.24, 2.45) is 0 Å². The van der Waals surface area contributed by atoms with E-state index in [1.54, 1.807) is 0 Å². The van der Waals surface area contributed by atoms with E-state index in [0.717, 1.165) is 12.8 Å². The van der Waals surface area contributed by atoms with Crippen molar-refractivity contribution in [1.29, 1.82) is 0 Å². The third-order valence-electron chi connectivity index (χ3n) is 1.77. The number of carbonyl (C=O) groups excluding carboxylic acids is 1. The first-order chi connectivity index (χ1) is 5.33. The van der Waals surface area contributed by atoms with Gasteiger partial charge in [-0.05, 0) is 19.0 Å². The van der Waals surface area contributed by atoms with E-state index in [1.807, 2.05) is 6.20 Å². The van der Waals surface area contributed by atoms with Crippen LogP contribution < -0.4 is 5.32 Å². The van der Waals surface area contributed by atoms with E-state index in [4.69, 9.17) is 0 Å². The molecular weight excluding hydrogens is 142 g/mol. The molecule has 0 saturated heterocycles. The summed E-state index contributed by atoms with van der Waals surface area (Å²) in [6, 6.07) is 0.271. The Balaban J connectivity index is 2.26. The molecule has 1 unspecified atom stereocenters. The normalized spacial score (nSPS) is 22.5. The van der Waals surface area contributed by atoms with Crippen molar-refractivity contribution < 1.29 is 9.53 Å². The molecule has 0 aliphatic carbocycles. The number of allylic oxidation sites excluding steroid dienone is 1. The Morgan fingerprint density at radius 2 is 2.64 bits per heavy atom. The summed E-state index contributed by atoms with van der Waals surface area (Å²) in [5.41, 5.74) is 0. The fraction of sp³-hybridized carbons (Fsp3) is 0.625. The lowest BCUT2D eigenvalue weighted by molar-refractivity contribution is -0.141. The molecule has 3 heteroatoms. The molecule has 1 rings (SSSR count). The number of ether oxygens (including phenoxy) is 1. The number of esters is 1. The summed E-state index contributed by atoms with van der Waals surface area (Å²) in [5, 5.41) is 3.10. The molecule has 1 N–H and O–H groups in total. The zero-order valence-corrected chi connectivity index (χ0v) is 6.67. The van der Waals surface area contributed by atoms with E-state index in [9.17, 15) is 4.79 Å². The summed E-state index contributed by atoms with van der Waals surface area (Å²) < 4.78 is 4.55. The van der Waals surface area contributed by atoms with Crippen molar-refractivity contribution in [2.45, 2.75) is 25.3 Å². The summed E-state index contributed by atoms with van der Waals surface area (Å²) in [4.78, 5) is 10.8. The highest BCUT2D eigenvalue weighted by atomic mass is 16.5. The first-order valence-electron chi connectivity index (χ1n) is 3.81. The number of methoxy groups -OCH3 is 1. The molecule has 3 nitrogen and oxygen atoms in total. The fourth-order valence-electron chi connectivity index (χ4n) is 1.11. The minimum absolute atomic E-state index is 0.141. The molecule has 0 saturated carbocycles. The Morgan fingerprint density at radius 3 is 3.18 bits per heavy atom. The summed E-state index contributed by atoms with van der Waals surface area (Å²) in [7, 11) is 1.42. The first kappa shape index (κ1) is 8.11. The van der Waals surface area contributed by atoms with Crippen LogP contribution in [0.5, 0.6) is 0 Å². The molecule has 0 spiro atoms. The standard InChI is InChI=1S/C8H13NO2/c1-11-8(10)6-7-4-2-3-5-9-7/h3,5,7,9H,2,4,6H2,1H3. The molecule has 0 amide bonds. The largest absolute Gasteiger partial charge is 0.469 e. The SMILES string of the molecule is COC(=O)CC1CCC=CN1. The zero-order chi connectivity index (χ0) is 8.10. The highest BCUT2D eigenvalue weighted by Crippen LogP contribution is 2.07. The first-order valence-corrected chi connectivity index (χ1v) is 3.81. The lowest BCUT2D eigenvalue weighted by Crippen LogP contribution is -2.29. The molecular formula is C8H13NO2. The van der Waals surface area contributed by atoms with Gasteiger partial charge in [-0.25, -0.2) is 0 Å². The van der Waals surface area contributed by atoms with E-state index in [-0.39, 0.29) is 12.0 Å². The van der Waals surface area contributed by atoms with Crippen LogP contribution in [0.4, 0.5) is 0 Å². The van der Waals surface area contributed by atoms with E-state index in [1.165, 1.54) is 7.11 Å². The van der Waals surface area contributed by atoms with Crippen molar-refractivity contribution in [3.8, 4) is 0 Å². The Morgan fingerprint density at radius 1 is 1.82 bits per heavy atom. The van der Waals surface area contributed by atoms with Crippen LogP contribution in [0.3, 0.4) is 0 Å². The highest BCUT2D eigenvalue weighted by Gasteiger charge is 2.13. The van der Waals surface area contributed by atoms with Crippen LogP contribution in [0.2, 0.25) is 0 Å². The summed E-state index contributed by atoms with van der Waals surface area (Å²) in [6.45, 7) is 0. The molecule has 11 heavy (non-hydrogen) atoms. The van der Waals surface area contributed by atoms with Gasteiger partial charge in [0, 0.05) is 6.04 Å². The third-order valence-corrected chi connectivity index (χ3v) is 1.77. The molecule has 0 aromatic rings. The van der Waals surface area contributed by atoms with Gasteiger partial charge >= 0.3 is 5.97 Å². The van der Waals surface area contributed by atoms with Gasteiger partial charge in [0.05, 0.1) is 13.5 Å². The molecule has 1 aliphatic rings. The maximum atomic E-state index is 10.8. The molecule has 1 heterocycles.